The zero-order chi connectivity index (χ0) is 15.6. The Labute approximate surface area is 140 Å². The van der Waals surface area contributed by atoms with E-state index in [0.717, 1.165) is 55.3 Å². The van der Waals surface area contributed by atoms with E-state index in [4.69, 9.17) is 0 Å². The van der Waals surface area contributed by atoms with Crippen molar-refractivity contribution in [2.75, 3.05) is 50.5 Å². The molecule has 1 N–H and O–H groups in total. The van der Waals surface area contributed by atoms with Crippen molar-refractivity contribution in [3.05, 3.63) is 35.0 Å². The van der Waals surface area contributed by atoms with Gasteiger partial charge in [-0.1, -0.05) is 6.07 Å². The number of benzene rings is 1. The predicted octanol–water partition coefficient (Wildman–Crippen LogP) is 2.02. The van der Waals surface area contributed by atoms with Crippen molar-refractivity contribution >= 4 is 34.6 Å². The highest BCUT2D eigenvalue weighted by atomic mass is 32.2. The fourth-order valence-electron chi connectivity index (χ4n) is 3.07. The van der Waals surface area contributed by atoms with Gasteiger partial charge in [0.15, 0.2) is 0 Å². The first-order chi connectivity index (χ1) is 11.3. The van der Waals surface area contributed by atoms with Crippen molar-refractivity contribution in [3.8, 4) is 0 Å². The molecule has 4 rings (SSSR count). The highest BCUT2D eigenvalue weighted by Crippen LogP contribution is 2.27. The normalized spacial score (nSPS) is 21.4. The average molecular weight is 327 g/mol. The Morgan fingerprint density at radius 3 is 2.83 bits per heavy atom. The Morgan fingerprint density at radius 2 is 2.04 bits per heavy atom. The van der Waals surface area contributed by atoms with Crippen LogP contribution < -0.4 is 10.2 Å². The van der Waals surface area contributed by atoms with Crippen LogP contribution in [0.2, 0.25) is 0 Å². The van der Waals surface area contributed by atoms with Gasteiger partial charge in [0.25, 0.3) is 0 Å². The smallest absolute Gasteiger partial charge is 0.139 e. The number of piperazine rings is 1. The van der Waals surface area contributed by atoms with Crippen molar-refractivity contribution in [1.29, 1.82) is 0 Å². The minimum Gasteiger partial charge on any atom is -0.353 e. The molecule has 2 aliphatic rings. The van der Waals surface area contributed by atoms with Gasteiger partial charge in [-0.2, -0.15) is 0 Å². The second-order valence-corrected chi connectivity index (χ2v) is 7.19. The van der Waals surface area contributed by atoms with Gasteiger partial charge in [0.05, 0.1) is 5.52 Å². The topological polar surface area (TPSA) is 44.3 Å². The lowest BCUT2D eigenvalue weighted by molar-refractivity contribution is 0.312. The maximum Gasteiger partial charge on any atom is 0.139 e. The van der Waals surface area contributed by atoms with Crippen LogP contribution in [0.15, 0.2) is 29.4 Å². The monoisotopic (exact) mass is 327 g/mol. The molecule has 0 radical (unpaired) electrons. The number of nitrogens with one attached hydrogen (secondary N) is 1. The Balaban J connectivity index is 1.71. The summed E-state index contributed by atoms with van der Waals surface area (Å²) in [5.41, 5.74) is 2.25. The summed E-state index contributed by atoms with van der Waals surface area (Å²) < 4.78 is 0. The number of nitrogens with zero attached hydrogens (tertiary/aromatic N) is 4. The third kappa shape index (κ3) is 3.20. The van der Waals surface area contributed by atoms with Crippen molar-refractivity contribution < 1.29 is 0 Å². The van der Waals surface area contributed by atoms with E-state index in [2.05, 4.69) is 56.4 Å². The van der Waals surface area contributed by atoms with Crippen LogP contribution in [0.5, 0.6) is 0 Å². The summed E-state index contributed by atoms with van der Waals surface area (Å²) in [6.07, 6.45) is 3.95. The molecule has 0 saturated carbocycles. The lowest BCUT2D eigenvalue weighted by Crippen LogP contribution is -2.44. The molecule has 2 saturated heterocycles. The molecular formula is C17H21N5S. The molecule has 0 unspecified atom stereocenters. The summed E-state index contributed by atoms with van der Waals surface area (Å²) in [6, 6.07) is 6.49. The van der Waals surface area contributed by atoms with Gasteiger partial charge < -0.3 is 15.1 Å². The summed E-state index contributed by atoms with van der Waals surface area (Å²) in [6.45, 7) is 5.18. The summed E-state index contributed by atoms with van der Waals surface area (Å²) in [5.74, 6) is 2.08. The number of rotatable bonds is 2. The quantitative estimate of drug-likeness (QED) is 0.910. The first-order valence-corrected chi connectivity index (χ1v) is 9.00. The Hall–Kier alpha value is -1.63. The van der Waals surface area contributed by atoms with Gasteiger partial charge in [-0.15, -0.1) is 11.8 Å². The van der Waals surface area contributed by atoms with Gasteiger partial charge in [-0.05, 0) is 30.8 Å². The maximum absolute atomic E-state index is 4.59. The number of hydrogen-bond donors (Lipinski definition) is 1. The van der Waals surface area contributed by atoms with Crippen LogP contribution in [-0.4, -0.2) is 60.5 Å². The lowest BCUT2D eigenvalue weighted by Gasteiger charge is -2.33. The van der Waals surface area contributed by atoms with E-state index in [9.17, 15) is 0 Å². The van der Waals surface area contributed by atoms with E-state index in [1.165, 1.54) is 10.5 Å². The number of anilines is 1. The standard InChI is InChI=1S/C17H21N5S/c1-21-4-6-22(7-5-21)17-15-9-13(8-14-10-18-12-23-14)2-3-16(15)19-11-20-17/h2-3,8-9,11,18H,4-7,10,12H2,1H3. The van der Waals surface area contributed by atoms with Crippen molar-refractivity contribution in [1.82, 2.24) is 20.2 Å². The van der Waals surface area contributed by atoms with Gasteiger partial charge in [0.1, 0.15) is 12.1 Å². The van der Waals surface area contributed by atoms with E-state index >= 15 is 0 Å². The molecule has 0 bridgehead atoms. The van der Waals surface area contributed by atoms with Gasteiger partial charge >= 0.3 is 0 Å². The molecule has 2 fully saturated rings. The number of fused-ring (bicyclic) bond motifs is 1. The SMILES string of the molecule is CN1CCN(c2ncnc3ccc(C=C4CNCS4)cc23)CC1. The average Bonchev–Trinajstić information content (AvgIpc) is 3.08. The lowest BCUT2D eigenvalue weighted by atomic mass is 10.1. The second-order valence-electron chi connectivity index (χ2n) is 6.09. The molecule has 120 valence electrons. The third-order valence-corrected chi connectivity index (χ3v) is 5.41. The molecule has 0 spiro atoms. The predicted molar refractivity (Wildman–Crippen MR) is 97.7 cm³/mol. The zero-order valence-electron chi connectivity index (χ0n) is 13.3. The van der Waals surface area contributed by atoms with Crippen LogP contribution in [0.4, 0.5) is 5.82 Å². The summed E-state index contributed by atoms with van der Waals surface area (Å²) in [7, 11) is 2.17. The summed E-state index contributed by atoms with van der Waals surface area (Å²) in [5, 5.41) is 4.51. The minimum absolute atomic E-state index is 0.972. The van der Waals surface area contributed by atoms with Crippen LogP contribution in [0.1, 0.15) is 5.56 Å². The number of aromatic nitrogens is 2. The maximum atomic E-state index is 4.59. The third-order valence-electron chi connectivity index (χ3n) is 4.43. The van der Waals surface area contributed by atoms with E-state index in [1.54, 1.807) is 6.33 Å². The molecule has 1 aromatic carbocycles. The van der Waals surface area contributed by atoms with Crippen molar-refractivity contribution in [2.24, 2.45) is 0 Å². The highest BCUT2D eigenvalue weighted by Gasteiger charge is 2.18. The number of thioether (sulfide) groups is 1. The van der Waals surface area contributed by atoms with Crippen LogP contribution in [0.3, 0.4) is 0 Å². The van der Waals surface area contributed by atoms with E-state index in [-0.39, 0.29) is 0 Å². The van der Waals surface area contributed by atoms with Crippen molar-refractivity contribution in [2.45, 2.75) is 0 Å². The molecule has 1 aromatic heterocycles. The molecule has 0 atom stereocenters. The fourth-order valence-corrected chi connectivity index (χ4v) is 3.88. The summed E-state index contributed by atoms with van der Waals surface area (Å²) >= 11 is 1.88. The van der Waals surface area contributed by atoms with Gasteiger partial charge in [0, 0.05) is 48.9 Å². The Morgan fingerprint density at radius 1 is 1.17 bits per heavy atom. The van der Waals surface area contributed by atoms with E-state index in [1.807, 2.05) is 11.8 Å². The summed E-state index contributed by atoms with van der Waals surface area (Å²) in [4.78, 5) is 15.2. The number of hydrogen-bond acceptors (Lipinski definition) is 6. The molecule has 5 nitrogen and oxygen atoms in total. The van der Waals surface area contributed by atoms with Gasteiger partial charge in [-0.25, -0.2) is 9.97 Å². The molecule has 0 aliphatic carbocycles. The zero-order valence-corrected chi connectivity index (χ0v) is 14.1. The van der Waals surface area contributed by atoms with E-state index in [0.29, 0.717) is 0 Å². The Bertz CT molecular complexity index is 729. The first-order valence-electron chi connectivity index (χ1n) is 8.02. The van der Waals surface area contributed by atoms with Gasteiger partial charge in [-0.3, -0.25) is 0 Å². The van der Waals surface area contributed by atoms with Crippen LogP contribution in [-0.2, 0) is 0 Å². The second kappa shape index (κ2) is 6.47. The van der Waals surface area contributed by atoms with Crippen LogP contribution in [0, 0.1) is 0 Å². The molecule has 6 heteroatoms. The van der Waals surface area contributed by atoms with Crippen LogP contribution >= 0.6 is 11.8 Å². The highest BCUT2D eigenvalue weighted by molar-refractivity contribution is 8.03. The first kappa shape index (κ1) is 14.9. The molecule has 2 aromatic rings. The van der Waals surface area contributed by atoms with Gasteiger partial charge in [0.2, 0.25) is 0 Å². The van der Waals surface area contributed by atoms with E-state index < -0.39 is 0 Å². The largest absolute Gasteiger partial charge is 0.353 e. The van der Waals surface area contributed by atoms with Crippen LogP contribution in [0.25, 0.3) is 17.0 Å². The molecule has 23 heavy (non-hydrogen) atoms. The van der Waals surface area contributed by atoms with Crippen molar-refractivity contribution in [3.63, 3.8) is 0 Å². The Kier molecular flexibility index (Phi) is 4.20. The number of likely N-dealkylation sites (N-methyl/N-ethyl adjacent to an activating group) is 1. The minimum atomic E-state index is 0.972. The molecule has 0 amide bonds. The molecule has 3 heterocycles. The fraction of sp³-hybridized carbons (Fsp3) is 0.412. The molecular weight excluding hydrogens is 306 g/mol. The molecule has 2 aliphatic heterocycles.